The molecule has 0 atom stereocenters. The molecule has 0 aliphatic carbocycles. The van der Waals surface area contributed by atoms with Crippen molar-refractivity contribution in [2.24, 2.45) is 0 Å². The smallest absolute Gasteiger partial charge is 0.196 e. The molecule has 1 aromatic heterocycles. The summed E-state index contributed by atoms with van der Waals surface area (Å²) in [5.74, 6) is -0.137. The van der Waals surface area contributed by atoms with Gasteiger partial charge in [-0.1, -0.05) is 139 Å². The van der Waals surface area contributed by atoms with Gasteiger partial charge >= 0.3 is 0 Å². The van der Waals surface area contributed by atoms with Gasteiger partial charge in [0, 0.05) is 33.3 Å². The minimum Gasteiger partial charge on any atom is -0.300 e. The van der Waals surface area contributed by atoms with E-state index in [1.165, 1.54) is 0 Å². The summed E-state index contributed by atoms with van der Waals surface area (Å²) in [7, 11) is 0. The second-order valence-corrected chi connectivity index (χ2v) is 11.2. The van der Waals surface area contributed by atoms with Gasteiger partial charge in [-0.25, -0.2) is 0 Å². The highest BCUT2D eigenvalue weighted by Crippen LogP contribution is 2.40. The van der Waals surface area contributed by atoms with Gasteiger partial charge in [0.05, 0.1) is 11.3 Å². The highest BCUT2D eigenvalue weighted by Gasteiger charge is 2.27. The van der Waals surface area contributed by atoms with Crippen LogP contribution in [0.5, 0.6) is 0 Å². The van der Waals surface area contributed by atoms with Gasteiger partial charge in [-0.15, -0.1) is 0 Å². The molecule has 0 saturated heterocycles. The number of aromatic nitrogens is 1. The number of halogens is 2. The normalized spacial score (nSPS) is 10.9. The molecule has 0 saturated carbocycles. The molecule has 204 valence electrons. The summed E-state index contributed by atoms with van der Waals surface area (Å²) in [6.07, 6.45) is 0.571. The molecule has 0 aliphatic heterocycles. The van der Waals surface area contributed by atoms with Gasteiger partial charge in [-0.05, 0) is 58.7 Å². The highest BCUT2D eigenvalue weighted by molar-refractivity contribution is 7.71. The molecular weight excluding hydrogens is 577 g/mol. The minimum absolute atomic E-state index is 0.137. The Kier molecular flexibility index (Phi) is 8.16. The van der Waals surface area contributed by atoms with Crippen molar-refractivity contribution in [2.45, 2.75) is 6.42 Å². The molecule has 0 unspecified atom stereocenters. The van der Waals surface area contributed by atoms with Crippen molar-refractivity contribution in [3.63, 3.8) is 0 Å². The molecule has 0 N–H and O–H groups in total. The van der Waals surface area contributed by atoms with Gasteiger partial charge in [0.1, 0.15) is 4.64 Å². The van der Waals surface area contributed by atoms with Gasteiger partial charge in [-0.2, -0.15) is 0 Å². The Morgan fingerprint density at radius 2 is 1.14 bits per heavy atom. The molecule has 0 radical (unpaired) electrons. The van der Waals surface area contributed by atoms with Crippen LogP contribution in [0.15, 0.2) is 140 Å². The topological polar surface area (TPSA) is 22.0 Å². The Morgan fingerprint density at radius 3 is 1.74 bits per heavy atom. The fourth-order valence-electron chi connectivity index (χ4n) is 5.31. The van der Waals surface area contributed by atoms with Crippen molar-refractivity contribution in [2.75, 3.05) is 0 Å². The molecule has 0 spiro atoms. The summed E-state index contributed by atoms with van der Waals surface area (Å²) in [4.78, 5) is 14.5. The lowest BCUT2D eigenvalue weighted by Gasteiger charge is -2.25. The summed E-state index contributed by atoms with van der Waals surface area (Å²) in [6, 6.07) is 45.0. The zero-order chi connectivity index (χ0) is 29.1. The van der Waals surface area contributed by atoms with Crippen LogP contribution in [0.2, 0.25) is 10.0 Å². The SMILES string of the molecule is O=C(c1ccccc1)c1c(-c2ccc(Cl)cc2)c(Cc2ccccc2)c(-c2ccccc2)n(-c2ccc(Cl)cc2)c1=S. The maximum atomic E-state index is 14.5. The predicted octanol–water partition coefficient (Wildman–Crippen LogP) is 10.7. The lowest BCUT2D eigenvalue weighted by molar-refractivity contribution is 0.103. The van der Waals surface area contributed by atoms with Gasteiger partial charge in [-0.3, -0.25) is 9.36 Å². The third-order valence-corrected chi connectivity index (χ3v) is 8.12. The summed E-state index contributed by atoms with van der Waals surface area (Å²) in [5, 5.41) is 1.24. The van der Waals surface area contributed by atoms with E-state index in [1.54, 1.807) is 0 Å². The molecule has 0 bridgehead atoms. The van der Waals surface area contributed by atoms with Crippen LogP contribution in [0.4, 0.5) is 0 Å². The van der Waals surface area contributed by atoms with E-state index in [2.05, 4.69) is 24.3 Å². The Balaban J connectivity index is 1.81. The monoisotopic (exact) mass is 601 g/mol. The van der Waals surface area contributed by atoms with E-state index in [4.69, 9.17) is 35.4 Å². The molecule has 5 aromatic carbocycles. The number of carbonyl (C=O) groups is 1. The minimum atomic E-state index is -0.137. The molecule has 2 nitrogen and oxygen atoms in total. The second-order valence-electron chi connectivity index (χ2n) is 9.92. The van der Waals surface area contributed by atoms with Crippen LogP contribution in [-0.2, 0) is 6.42 Å². The van der Waals surface area contributed by atoms with E-state index < -0.39 is 0 Å². The molecule has 5 heteroatoms. The van der Waals surface area contributed by atoms with Crippen molar-refractivity contribution < 1.29 is 4.79 Å². The van der Waals surface area contributed by atoms with E-state index in [0.29, 0.717) is 32.2 Å². The molecular formula is C37H25Cl2NOS. The summed E-state index contributed by atoms with van der Waals surface area (Å²) >= 11 is 18.9. The first-order valence-corrected chi connectivity index (χ1v) is 14.7. The largest absolute Gasteiger partial charge is 0.300 e. The Hall–Kier alpha value is -4.28. The second kappa shape index (κ2) is 12.3. The van der Waals surface area contributed by atoms with Crippen molar-refractivity contribution in [3.8, 4) is 28.1 Å². The quantitative estimate of drug-likeness (QED) is 0.134. The number of nitrogens with zero attached hydrogens (tertiary/aromatic N) is 1. The van der Waals surface area contributed by atoms with Crippen LogP contribution < -0.4 is 0 Å². The number of ketones is 1. The van der Waals surface area contributed by atoms with Crippen molar-refractivity contribution in [1.82, 2.24) is 4.57 Å². The molecule has 0 aliphatic rings. The van der Waals surface area contributed by atoms with Crippen molar-refractivity contribution in [1.29, 1.82) is 0 Å². The van der Waals surface area contributed by atoms with E-state index in [1.807, 2.05) is 120 Å². The van der Waals surface area contributed by atoms with Gasteiger partial charge in [0.15, 0.2) is 5.78 Å². The number of benzene rings is 5. The van der Waals surface area contributed by atoms with E-state index in [-0.39, 0.29) is 5.78 Å². The van der Waals surface area contributed by atoms with E-state index in [9.17, 15) is 4.79 Å². The van der Waals surface area contributed by atoms with Gasteiger partial charge in [0.2, 0.25) is 0 Å². The first kappa shape index (κ1) is 27.9. The van der Waals surface area contributed by atoms with E-state index in [0.717, 1.165) is 39.2 Å². The van der Waals surface area contributed by atoms with Crippen LogP contribution >= 0.6 is 35.4 Å². The standard InChI is InChI=1S/C37H25Cl2NOS/c38-29-18-16-26(17-19-29)33-32(24-25-10-4-1-5-11-25)35(27-12-6-2-7-13-27)40(31-22-20-30(39)21-23-31)37(42)34(33)36(41)28-14-8-3-9-15-28/h1-23H,24H2. The van der Waals surface area contributed by atoms with Crippen molar-refractivity contribution in [3.05, 3.63) is 176 Å². The van der Waals surface area contributed by atoms with Gasteiger partial charge in [0.25, 0.3) is 0 Å². The van der Waals surface area contributed by atoms with Crippen LogP contribution in [0.25, 0.3) is 28.1 Å². The number of carbonyl (C=O) groups excluding carboxylic acids is 1. The van der Waals surface area contributed by atoms with Gasteiger partial charge < -0.3 is 0 Å². The molecule has 6 rings (SSSR count). The average molecular weight is 603 g/mol. The lowest BCUT2D eigenvalue weighted by Crippen LogP contribution is -2.16. The Labute approximate surface area is 260 Å². The maximum absolute atomic E-state index is 14.5. The number of pyridine rings is 1. The summed E-state index contributed by atoms with van der Waals surface area (Å²) in [5.41, 5.74) is 7.54. The zero-order valence-corrected chi connectivity index (χ0v) is 24.8. The van der Waals surface area contributed by atoms with E-state index >= 15 is 0 Å². The van der Waals surface area contributed by atoms with Crippen LogP contribution in [-0.4, -0.2) is 10.4 Å². The number of rotatable bonds is 7. The van der Waals surface area contributed by atoms with Crippen molar-refractivity contribution >= 4 is 41.2 Å². The maximum Gasteiger partial charge on any atom is 0.196 e. The van der Waals surface area contributed by atoms with Crippen LogP contribution in [0.1, 0.15) is 27.0 Å². The van der Waals surface area contributed by atoms with Crippen LogP contribution in [0, 0.1) is 4.64 Å². The molecule has 6 aromatic rings. The zero-order valence-electron chi connectivity index (χ0n) is 22.5. The third kappa shape index (κ3) is 5.60. The molecule has 42 heavy (non-hydrogen) atoms. The number of hydrogen-bond donors (Lipinski definition) is 0. The Bertz CT molecular complexity index is 1920. The molecule has 0 amide bonds. The fraction of sp³-hybridized carbons (Fsp3) is 0.0270. The molecule has 0 fully saturated rings. The highest BCUT2D eigenvalue weighted by atomic mass is 35.5. The van der Waals surface area contributed by atoms with Crippen LogP contribution in [0.3, 0.4) is 0 Å². The first-order valence-electron chi connectivity index (χ1n) is 13.5. The molecule has 1 heterocycles. The number of hydrogen-bond acceptors (Lipinski definition) is 2. The summed E-state index contributed by atoms with van der Waals surface area (Å²) < 4.78 is 2.45. The third-order valence-electron chi connectivity index (χ3n) is 7.23. The first-order chi connectivity index (χ1) is 20.5. The fourth-order valence-corrected chi connectivity index (χ4v) is 5.96. The average Bonchev–Trinajstić information content (AvgIpc) is 3.03. The lowest BCUT2D eigenvalue weighted by atomic mass is 9.86. The Morgan fingerprint density at radius 1 is 0.619 bits per heavy atom. The predicted molar refractivity (Wildman–Crippen MR) is 177 cm³/mol. The summed E-state index contributed by atoms with van der Waals surface area (Å²) in [6.45, 7) is 0.